The Hall–Kier alpha value is -2.21. The largest absolute Gasteiger partial charge is 0.368 e. The zero-order valence-corrected chi connectivity index (χ0v) is 15.5. The normalized spacial score (nSPS) is 27.3. The lowest BCUT2D eigenvalue weighted by molar-refractivity contribution is 0.340. The van der Waals surface area contributed by atoms with Crippen LogP contribution in [0.5, 0.6) is 0 Å². The van der Waals surface area contributed by atoms with Crippen molar-refractivity contribution in [2.45, 2.75) is 44.1 Å². The first-order valence-electron chi connectivity index (χ1n) is 10.1. The van der Waals surface area contributed by atoms with Crippen LogP contribution in [0.4, 0.5) is 16.2 Å². The van der Waals surface area contributed by atoms with Gasteiger partial charge in [0.25, 0.3) is 0 Å². The van der Waals surface area contributed by atoms with Gasteiger partial charge in [-0.15, -0.1) is 0 Å². The SMILES string of the molecule is Nc1nc2c(c(N3C[C@H]4CCCN[C@H]4C3)n1)CCC(c1ccc(F)cc1)C2. The highest BCUT2D eigenvalue weighted by Crippen LogP contribution is 2.38. The molecule has 1 aromatic carbocycles. The topological polar surface area (TPSA) is 67.1 Å². The molecule has 2 fully saturated rings. The molecule has 1 aromatic heterocycles. The second-order valence-electron chi connectivity index (χ2n) is 8.19. The first-order valence-corrected chi connectivity index (χ1v) is 10.1. The van der Waals surface area contributed by atoms with Gasteiger partial charge in [0, 0.05) is 24.7 Å². The van der Waals surface area contributed by atoms with Crippen LogP contribution >= 0.6 is 0 Å². The maximum absolute atomic E-state index is 13.2. The van der Waals surface area contributed by atoms with Crippen LogP contribution in [-0.2, 0) is 12.8 Å². The van der Waals surface area contributed by atoms with Gasteiger partial charge in [-0.05, 0) is 68.2 Å². The van der Waals surface area contributed by atoms with Crippen LogP contribution < -0.4 is 16.0 Å². The van der Waals surface area contributed by atoms with Crippen molar-refractivity contribution < 1.29 is 4.39 Å². The first kappa shape index (κ1) is 16.9. The Kier molecular flexibility index (Phi) is 4.23. The Bertz CT molecular complexity index is 823. The van der Waals surface area contributed by atoms with Crippen molar-refractivity contribution >= 4 is 11.8 Å². The summed E-state index contributed by atoms with van der Waals surface area (Å²) in [6.07, 6.45) is 5.39. The molecular weight excluding hydrogens is 341 g/mol. The van der Waals surface area contributed by atoms with Crippen molar-refractivity contribution in [1.82, 2.24) is 15.3 Å². The quantitative estimate of drug-likeness (QED) is 0.854. The van der Waals surface area contributed by atoms with E-state index in [1.165, 1.54) is 24.0 Å². The second-order valence-corrected chi connectivity index (χ2v) is 8.19. The smallest absolute Gasteiger partial charge is 0.222 e. The maximum atomic E-state index is 13.2. The molecule has 2 aromatic rings. The molecule has 3 atom stereocenters. The second kappa shape index (κ2) is 6.75. The zero-order chi connectivity index (χ0) is 18.4. The van der Waals surface area contributed by atoms with E-state index in [2.05, 4.69) is 20.2 Å². The van der Waals surface area contributed by atoms with Crippen molar-refractivity contribution in [1.29, 1.82) is 0 Å². The summed E-state index contributed by atoms with van der Waals surface area (Å²) in [5.74, 6) is 2.30. The van der Waals surface area contributed by atoms with Crippen molar-refractivity contribution in [3.05, 3.63) is 46.9 Å². The van der Waals surface area contributed by atoms with Gasteiger partial charge >= 0.3 is 0 Å². The van der Waals surface area contributed by atoms with Crippen molar-refractivity contribution in [3.63, 3.8) is 0 Å². The van der Waals surface area contributed by atoms with E-state index in [0.717, 1.165) is 50.4 Å². The van der Waals surface area contributed by atoms with Gasteiger partial charge in [0.1, 0.15) is 11.6 Å². The average Bonchev–Trinajstić information content (AvgIpc) is 3.11. The van der Waals surface area contributed by atoms with Crippen LogP contribution in [0.25, 0.3) is 0 Å². The Labute approximate surface area is 159 Å². The van der Waals surface area contributed by atoms with Crippen molar-refractivity contribution in [2.75, 3.05) is 30.3 Å². The lowest BCUT2D eigenvalue weighted by Crippen LogP contribution is -2.40. The van der Waals surface area contributed by atoms with E-state index in [4.69, 9.17) is 5.73 Å². The minimum absolute atomic E-state index is 0.187. The number of rotatable bonds is 2. The number of piperidine rings is 1. The fourth-order valence-corrected chi connectivity index (χ4v) is 5.12. The number of halogens is 1. The summed E-state index contributed by atoms with van der Waals surface area (Å²) in [4.78, 5) is 11.7. The maximum Gasteiger partial charge on any atom is 0.222 e. The predicted octanol–water partition coefficient (Wildman–Crippen LogP) is 2.66. The van der Waals surface area contributed by atoms with Crippen LogP contribution in [0, 0.1) is 11.7 Å². The number of nitrogens with one attached hydrogen (secondary N) is 1. The predicted molar refractivity (Wildman–Crippen MR) is 104 cm³/mol. The summed E-state index contributed by atoms with van der Waals surface area (Å²) in [7, 11) is 0. The van der Waals surface area contributed by atoms with E-state index in [9.17, 15) is 4.39 Å². The molecule has 142 valence electrons. The van der Waals surface area contributed by atoms with Gasteiger partial charge in [0.2, 0.25) is 5.95 Å². The highest BCUT2D eigenvalue weighted by molar-refractivity contribution is 5.54. The van der Waals surface area contributed by atoms with Crippen molar-refractivity contribution in [2.24, 2.45) is 5.92 Å². The van der Waals surface area contributed by atoms with E-state index in [-0.39, 0.29) is 5.82 Å². The summed E-state index contributed by atoms with van der Waals surface area (Å²) in [6.45, 7) is 3.19. The minimum atomic E-state index is -0.187. The number of nitrogens with two attached hydrogens (primary N) is 1. The van der Waals surface area contributed by atoms with Crippen molar-refractivity contribution in [3.8, 4) is 0 Å². The monoisotopic (exact) mass is 367 g/mol. The molecule has 3 heterocycles. The number of nitrogen functional groups attached to an aromatic ring is 1. The molecule has 27 heavy (non-hydrogen) atoms. The third kappa shape index (κ3) is 3.16. The molecule has 1 unspecified atom stereocenters. The van der Waals surface area contributed by atoms with Gasteiger partial charge in [0.15, 0.2) is 0 Å². The average molecular weight is 367 g/mol. The number of anilines is 2. The number of nitrogens with zero attached hydrogens (tertiary/aromatic N) is 3. The summed E-state index contributed by atoms with van der Waals surface area (Å²) >= 11 is 0. The van der Waals surface area contributed by atoms with E-state index in [1.54, 1.807) is 12.1 Å². The fraction of sp³-hybridized carbons (Fsp3) is 0.524. The lowest BCUT2D eigenvalue weighted by Gasteiger charge is -2.29. The Balaban J connectivity index is 1.42. The molecule has 0 spiro atoms. The molecule has 0 radical (unpaired) electrons. The summed E-state index contributed by atoms with van der Waals surface area (Å²) < 4.78 is 13.2. The van der Waals surface area contributed by atoms with Gasteiger partial charge in [-0.25, -0.2) is 9.37 Å². The molecule has 0 saturated carbocycles. The first-order chi connectivity index (χ1) is 13.2. The molecule has 1 aliphatic carbocycles. The van der Waals surface area contributed by atoms with Gasteiger partial charge in [-0.2, -0.15) is 4.98 Å². The molecule has 6 heteroatoms. The summed E-state index contributed by atoms with van der Waals surface area (Å²) in [5, 5.41) is 3.66. The third-order valence-corrected chi connectivity index (χ3v) is 6.51. The molecular formula is C21H26FN5. The Morgan fingerprint density at radius 3 is 2.78 bits per heavy atom. The molecule has 2 saturated heterocycles. The minimum Gasteiger partial charge on any atom is -0.368 e. The third-order valence-electron chi connectivity index (χ3n) is 6.51. The highest BCUT2D eigenvalue weighted by Gasteiger charge is 2.37. The highest BCUT2D eigenvalue weighted by atomic mass is 19.1. The van der Waals surface area contributed by atoms with E-state index >= 15 is 0 Å². The Morgan fingerprint density at radius 1 is 1.11 bits per heavy atom. The molecule has 5 nitrogen and oxygen atoms in total. The zero-order valence-electron chi connectivity index (χ0n) is 15.5. The number of hydrogen-bond donors (Lipinski definition) is 2. The van der Waals surface area contributed by atoms with Gasteiger partial charge in [-0.1, -0.05) is 12.1 Å². The molecule has 2 aliphatic heterocycles. The number of aromatic nitrogens is 2. The number of benzene rings is 1. The van der Waals surface area contributed by atoms with E-state index in [0.29, 0.717) is 23.8 Å². The van der Waals surface area contributed by atoms with E-state index < -0.39 is 0 Å². The van der Waals surface area contributed by atoms with Gasteiger partial charge < -0.3 is 16.0 Å². The van der Waals surface area contributed by atoms with Crippen LogP contribution in [0.2, 0.25) is 0 Å². The number of fused-ring (bicyclic) bond motifs is 2. The molecule has 0 bridgehead atoms. The lowest BCUT2D eigenvalue weighted by atomic mass is 9.82. The Morgan fingerprint density at radius 2 is 1.96 bits per heavy atom. The fourth-order valence-electron chi connectivity index (χ4n) is 5.12. The molecule has 3 aliphatic rings. The summed E-state index contributed by atoms with van der Waals surface area (Å²) in [5.41, 5.74) is 9.60. The van der Waals surface area contributed by atoms with Crippen LogP contribution in [0.1, 0.15) is 42.0 Å². The summed E-state index contributed by atoms with van der Waals surface area (Å²) in [6, 6.07) is 7.45. The molecule has 0 amide bonds. The van der Waals surface area contributed by atoms with Crippen LogP contribution in [0.3, 0.4) is 0 Å². The van der Waals surface area contributed by atoms with E-state index in [1.807, 2.05) is 12.1 Å². The molecule has 3 N–H and O–H groups in total. The molecule has 5 rings (SSSR count). The number of hydrogen-bond acceptors (Lipinski definition) is 5. The van der Waals surface area contributed by atoms with Gasteiger partial charge in [-0.3, -0.25) is 0 Å². The van der Waals surface area contributed by atoms with Crippen LogP contribution in [-0.4, -0.2) is 35.6 Å². The van der Waals surface area contributed by atoms with Crippen LogP contribution in [0.15, 0.2) is 24.3 Å². The standard InChI is InChI=1S/C21H26FN5/c22-16-6-3-13(4-7-16)14-5-8-17-18(10-14)25-21(23)26-20(17)27-11-15-2-1-9-24-19(15)12-27/h3-4,6-7,14-15,19,24H,1-2,5,8-12H2,(H2,23,25,26)/t14?,15-,19+/m1/s1. The van der Waals surface area contributed by atoms with Gasteiger partial charge in [0.05, 0.1) is 5.69 Å².